The van der Waals surface area contributed by atoms with Gasteiger partial charge in [-0.15, -0.1) is 0 Å². The summed E-state index contributed by atoms with van der Waals surface area (Å²) in [7, 11) is 4.27. The van der Waals surface area contributed by atoms with E-state index < -0.39 is 0 Å². The fourth-order valence-electron chi connectivity index (χ4n) is 5.36. The molecule has 0 aliphatic heterocycles. The molecule has 0 saturated carbocycles. The molecule has 0 atom stereocenters. The van der Waals surface area contributed by atoms with Gasteiger partial charge in [0.05, 0.1) is 77.6 Å². The van der Waals surface area contributed by atoms with Gasteiger partial charge in [0.15, 0.2) is 11.6 Å². The highest BCUT2D eigenvalue weighted by Crippen LogP contribution is 2.36. The van der Waals surface area contributed by atoms with Crippen LogP contribution < -0.4 is 33.6 Å². The van der Waals surface area contributed by atoms with Crippen molar-refractivity contribution in [2.24, 2.45) is 22.9 Å². The first kappa shape index (κ1) is 29.7. The van der Waals surface area contributed by atoms with Crippen LogP contribution in [-0.4, -0.2) is 113 Å². The van der Waals surface area contributed by atoms with Gasteiger partial charge in [-0.05, 0) is 12.1 Å². The van der Waals surface area contributed by atoms with Gasteiger partial charge in [0, 0.05) is 48.7 Å². The van der Waals surface area contributed by atoms with Gasteiger partial charge in [-0.2, -0.15) is 0 Å². The molecule has 10 heteroatoms. The van der Waals surface area contributed by atoms with Crippen LogP contribution in [0.5, 0.6) is 0 Å². The van der Waals surface area contributed by atoms with E-state index >= 15 is 0 Å². The molecule has 208 valence electrons. The highest BCUT2D eigenvalue weighted by molar-refractivity contribution is 6.31. The average Bonchev–Trinajstić information content (AvgIpc) is 2.88. The zero-order valence-corrected chi connectivity index (χ0v) is 23.0. The molecular weight excluding hydrogens is 480 g/mol. The van der Waals surface area contributed by atoms with Crippen molar-refractivity contribution in [3.63, 3.8) is 0 Å². The summed E-state index contributed by atoms with van der Waals surface area (Å²) in [5, 5.41) is 6.88. The maximum Gasteiger partial charge on any atom is 0.196 e. The Kier molecular flexibility index (Phi) is 10.4. The Hall–Kier alpha value is -2.86. The van der Waals surface area contributed by atoms with Crippen LogP contribution in [0.2, 0.25) is 0 Å². The van der Waals surface area contributed by atoms with E-state index in [-0.39, 0.29) is 11.6 Å². The molecule has 0 unspecified atom stereocenters. The summed E-state index contributed by atoms with van der Waals surface area (Å²) in [6.45, 7) is 8.38. The SMILES string of the molecule is C[N+](CCN)(CCN)CCNc1ccc(NCC[N+](C)(CCN)CCN)c2c1C(=O)c1ccccc1C2=O. The van der Waals surface area contributed by atoms with Gasteiger partial charge in [-0.1, -0.05) is 24.3 Å². The van der Waals surface area contributed by atoms with Crippen molar-refractivity contribution in [1.82, 2.24) is 0 Å². The van der Waals surface area contributed by atoms with Crippen LogP contribution in [0.15, 0.2) is 36.4 Å². The molecule has 38 heavy (non-hydrogen) atoms. The highest BCUT2D eigenvalue weighted by atomic mass is 16.1. The highest BCUT2D eigenvalue weighted by Gasteiger charge is 2.34. The van der Waals surface area contributed by atoms with Crippen LogP contribution in [0.4, 0.5) is 11.4 Å². The fraction of sp³-hybridized carbons (Fsp3) is 0.500. The minimum atomic E-state index is -0.144. The van der Waals surface area contributed by atoms with Crippen molar-refractivity contribution >= 4 is 22.9 Å². The van der Waals surface area contributed by atoms with Crippen LogP contribution >= 0.6 is 0 Å². The number of nitrogens with two attached hydrogens (primary N) is 4. The minimum absolute atomic E-state index is 0.144. The van der Waals surface area contributed by atoms with E-state index in [4.69, 9.17) is 22.9 Å². The number of rotatable bonds is 16. The molecule has 2 aromatic carbocycles. The number of fused-ring (bicyclic) bond motifs is 2. The van der Waals surface area contributed by atoms with Crippen LogP contribution in [0.25, 0.3) is 0 Å². The van der Waals surface area contributed by atoms with E-state index in [1.54, 1.807) is 24.3 Å². The Bertz CT molecular complexity index is 1020. The zero-order valence-electron chi connectivity index (χ0n) is 23.0. The standard InChI is InChI=1S/C28H44N8O2/c1-35(15-9-29,16-10-30)19-13-33-23-7-8-24(34-14-20-36(2,17-11-31)18-12-32)26-25(23)27(37)21-5-3-4-6-22(21)28(26)38/h3-8H,9-20,29-32H2,1-2H3/p+2. The van der Waals surface area contributed by atoms with Crippen molar-refractivity contribution in [2.45, 2.75) is 0 Å². The van der Waals surface area contributed by atoms with Crippen molar-refractivity contribution in [2.75, 3.05) is 103 Å². The van der Waals surface area contributed by atoms with Gasteiger partial charge in [-0.25, -0.2) is 0 Å². The molecule has 0 heterocycles. The van der Waals surface area contributed by atoms with Crippen LogP contribution in [0.1, 0.15) is 31.8 Å². The lowest BCUT2D eigenvalue weighted by Gasteiger charge is -2.34. The summed E-state index contributed by atoms with van der Waals surface area (Å²) in [6.07, 6.45) is 0. The molecule has 3 rings (SSSR count). The van der Waals surface area contributed by atoms with Gasteiger partial charge in [0.1, 0.15) is 0 Å². The molecular formula is C28H46N8O2+2. The smallest absolute Gasteiger partial charge is 0.196 e. The molecule has 0 fully saturated rings. The quantitative estimate of drug-likeness (QED) is 0.142. The van der Waals surface area contributed by atoms with E-state index in [1.807, 2.05) is 12.1 Å². The van der Waals surface area contributed by atoms with E-state index in [2.05, 4.69) is 24.7 Å². The van der Waals surface area contributed by atoms with Crippen LogP contribution in [0.3, 0.4) is 0 Å². The average molecular weight is 527 g/mol. The Morgan fingerprint density at radius 2 is 0.921 bits per heavy atom. The summed E-state index contributed by atoms with van der Waals surface area (Å²) in [5.41, 5.74) is 26.4. The maximum atomic E-state index is 13.7. The first-order valence-electron chi connectivity index (χ1n) is 13.5. The number of carbonyl (C=O) groups is 2. The van der Waals surface area contributed by atoms with Crippen molar-refractivity contribution in [3.05, 3.63) is 58.7 Å². The number of nitrogens with one attached hydrogen (secondary N) is 2. The Balaban J connectivity index is 1.90. The number of quaternary nitrogens is 2. The molecule has 1 aliphatic rings. The predicted molar refractivity (Wildman–Crippen MR) is 155 cm³/mol. The van der Waals surface area contributed by atoms with E-state index in [1.165, 1.54) is 0 Å². The summed E-state index contributed by atoms with van der Waals surface area (Å²) < 4.78 is 1.47. The normalized spacial score (nSPS) is 13.3. The second-order valence-electron chi connectivity index (χ2n) is 10.7. The molecule has 2 aromatic rings. The lowest BCUT2D eigenvalue weighted by atomic mass is 9.82. The largest absolute Gasteiger partial charge is 0.379 e. The number of hydrogen-bond acceptors (Lipinski definition) is 8. The van der Waals surface area contributed by atoms with E-state index in [0.29, 0.717) is 72.9 Å². The topological polar surface area (TPSA) is 162 Å². The molecule has 0 saturated heterocycles. The Labute approximate surface area is 226 Å². The summed E-state index contributed by atoms with van der Waals surface area (Å²) in [5.74, 6) is -0.288. The Morgan fingerprint density at radius 1 is 0.579 bits per heavy atom. The third kappa shape index (κ3) is 6.76. The molecule has 0 amide bonds. The maximum absolute atomic E-state index is 13.7. The van der Waals surface area contributed by atoms with Crippen LogP contribution in [-0.2, 0) is 0 Å². The first-order chi connectivity index (χ1) is 18.2. The van der Waals surface area contributed by atoms with Crippen molar-refractivity contribution in [3.8, 4) is 0 Å². The lowest BCUT2D eigenvalue weighted by Crippen LogP contribution is -2.52. The molecule has 10 nitrogen and oxygen atoms in total. The van der Waals surface area contributed by atoms with E-state index in [0.717, 1.165) is 48.2 Å². The number of benzene rings is 2. The molecule has 10 N–H and O–H groups in total. The number of likely N-dealkylation sites (N-methyl/N-ethyl adjacent to an activating group) is 2. The number of ketones is 2. The second kappa shape index (κ2) is 13.3. The Morgan fingerprint density at radius 3 is 1.24 bits per heavy atom. The minimum Gasteiger partial charge on any atom is -0.379 e. The molecule has 1 aliphatic carbocycles. The van der Waals surface area contributed by atoms with Crippen LogP contribution in [0, 0.1) is 0 Å². The lowest BCUT2D eigenvalue weighted by molar-refractivity contribution is -0.905. The van der Waals surface area contributed by atoms with E-state index in [9.17, 15) is 9.59 Å². The van der Waals surface area contributed by atoms with Gasteiger partial charge >= 0.3 is 0 Å². The van der Waals surface area contributed by atoms with Crippen molar-refractivity contribution < 1.29 is 18.6 Å². The molecule has 0 aromatic heterocycles. The fourth-order valence-corrected chi connectivity index (χ4v) is 5.36. The third-order valence-corrected chi connectivity index (χ3v) is 7.69. The zero-order chi connectivity index (χ0) is 27.8. The van der Waals surface area contributed by atoms with Gasteiger partial charge < -0.3 is 42.5 Å². The van der Waals surface area contributed by atoms with Crippen molar-refractivity contribution in [1.29, 1.82) is 0 Å². The summed E-state index contributed by atoms with van der Waals surface area (Å²) in [4.78, 5) is 27.4. The number of hydrogen-bond donors (Lipinski definition) is 6. The first-order valence-corrected chi connectivity index (χ1v) is 13.5. The van der Waals surface area contributed by atoms with Gasteiger partial charge in [0.25, 0.3) is 0 Å². The molecule has 0 radical (unpaired) electrons. The monoisotopic (exact) mass is 526 g/mol. The van der Waals surface area contributed by atoms with Gasteiger partial charge in [-0.3, -0.25) is 9.59 Å². The summed E-state index contributed by atoms with van der Waals surface area (Å²) >= 11 is 0. The molecule has 0 bridgehead atoms. The molecule has 0 spiro atoms. The summed E-state index contributed by atoms with van der Waals surface area (Å²) in [6, 6.07) is 10.8. The number of anilines is 2. The van der Waals surface area contributed by atoms with Gasteiger partial charge in [0.2, 0.25) is 0 Å². The second-order valence-corrected chi connectivity index (χ2v) is 10.7. The predicted octanol–water partition coefficient (Wildman–Crippen LogP) is 0.0138. The number of nitrogens with zero attached hydrogens (tertiary/aromatic N) is 2. The number of carbonyl (C=O) groups excluding carboxylic acids is 2. The third-order valence-electron chi connectivity index (χ3n) is 7.69.